The number of hydrogen-bond acceptors (Lipinski definition) is 6. The molecule has 2 heterocycles. The van der Waals surface area contributed by atoms with Gasteiger partial charge in [-0.25, -0.2) is 4.79 Å². The van der Waals surface area contributed by atoms with E-state index in [0.717, 1.165) is 41.2 Å². The Kier molecular flexibility index (Phi) is 5.48. The number of ether oxygens (including phenoxy) is 1. The Morgan fingerprint density at radius 3 is 2.47 bits per heavy atom. The highest BCUT2D eigenvalue weighted by Crippen LogP contribution is 2.49. The van der Waals surface area contributed by atoms with E-state index in [2.05, 4.69) is 5.32 Å². The number of para-hydroxylation sites is 2. The third-order valence-corrected chi connectivity index (χ3v) is 7.25. The van der Waals surface area contributed by atoms with E-state index < -0.39 is 12.0 Å². The molecule has 2 atom stereocenters. The average molecular weight is 483 g/mol. The van der Waals surface area contributed by atoms with Gasteiger partial charge in [-0.15, -0.1) is 0 Å². The molecule has 36 heavy (non-hydrogen) atoms. The van der Waals surface area contributed by atoms with Gasteiger partial charge >= 0.3 is 5.97 Å². The Hall–Kier alpha value is -4.13. The molecule has 2 aliphatic carbocycles. The van der Waals surface area contributed by atoms with Gasteiger partial charge in [0.05, 0.1) is 36.4 Å². The number of allylic oxidation sites excluding steroid dienone is 1. The van der Waals surface area contributed by atoms with Crippen LogP contribution in [-0.2, 0) is 14.3 Å². The van der Waals surface area contributed by atoms with E-state index in [9.17, 15) is 14.4 Å². The lowest BCUT2D eigenvalue weighted by atomic mass is 9.80. The highest BCUT2D eigenvalue weighted by atomic mass is 16.5. The minimum Gasteiger partial charge on any atom is -0.469 e. The molecule has 0 bridgehead atoms. The van der Waals surface area contributed by atoms with Crippen molar-refractivity contribution >= 4 is 29.0 Å². The summed E-state index contributed by atoms with van der Waals surface area (Å²) < 4.78 is 10.5. The molecule has 0 unspecified atom stereocenters. The number of furan rings is 1. The molecule has 0 saturated heterocycles. The van der Waals surface area contributed by atoms with Crippen molar-refractivity contribution in [3.05, 3.63) is 95.1 Å². The zero-order valence-electron chi connectivity index (χ0n) is 19.9. The number of nitrogens with one attached hydrogen (secondary N) is 1. The number of fused-ring (bicyclic) bond motifs is 1. The molecule has 1 aliphatic heterocycles. The van der Waals surface area contributed by atoms with E-state index in [1.165, 1.54) is 7.11 Å². The summed E-state index contributed by atoms with van der Waals surface area (Å²) in [6.07, 6.45) is 4.21. The number of hydrogen-bond donors (Lipinski definition) is 1. The monoisotopic (exact) mass is 482 g/mol. The molecule has 1 amide bonds. The van der Waals surface area contributed by atoms with Crippen LogP contribution in [0, 0.1) is 5.92 Å². The third kappa shape index (κ3) is 3.81. The van der Waals surface area contributed by atoms with Crippen LogP contribution >= 0.6 is 0 Å². The van der Waals surface area contributed by atoms with Gasteiger partial charge in [-0.1, -0.05) is 24.3 Å². The van der Waals surface area contributed by atoms with Crippen LogP contribution in [0.4, 0.5) is 11.4 Å². The van der Waals surface area contributed by atoms with Crippen molar-refractivity contribution < 1.29 is 23.5 Å². The first-order valence-electron chi connectivity index (χ1n) is 12.2. The predicted molar refractivity (Wildman–Crippen MR) is 134 cm³/mol. The fourth-order valence-electron chi connectivity index (χ4n) is 5.32. The molecule has 3 aliphatic rings. The smallest absolute Gasteiger partial charge is 0.337 e. The minimum atomic E-state index is -0.610. The highest BCUT2D eigenvalue weighted by Gasteiger charge is 2.45. The van der Waals surface area contributed by atoms with Gasteiger partial charge in [0.1, 0.15) is 5.76 Å². The van der Waals surface area contributed by atoms with Crippen LogP contribution in [0.5, 0.6) is 0 Å². The maximum Gasteiger partial charge on any atom is 0.337 e. The van der Waals surface area contributed by atoms with Gasteiger partial charge in [0, 0.05) is 29.5 Å². The number of benzene rings is 2. The summed E-state index contributed by atoms with van der Waals surface area (Å²) in [5.74, 6) is 0.203. The molecule has 1 aromatic heterocycles. The van der Waals surface area contributed by atoms with E-state index in [0.29, 0.717) is 24.0 Å². The summed E-state index contributed by atoms with van der Waals surface area (Å²) in [5, 5.41) is 3.52. The molecule has 2 aromatic carbocycles. The van der Waals surface area contributed by atoms with Gasteiger partial charge in [-0.3, -0.25) is 14.5 Å². The quantitative estimate of drug-likeness (QED) is 0.503. The molecule has 6 rings (SSSR count). The predicted octanol–water partition coefficient (Wildman–Crippen LogP) is 5.38. The molecule has 182 valence electrons. The van der Waals surface area contributed by atoms with Gasteiger partial charge < -0.3 is 14.5 Å². The molecular weight excluding hydrogens is 456 g/mol. The summed E-state index contributed by atoms with van der Waals surface area (Å²) in [5.41, 5.74) is 4.11. The Morgan fingerprint density at radius 1 is 1.00 bits per heavy atom. The van der Waals surface area contributed by atoms with Crippen molar-refractivity contribution in [3.63, 3.8) is 0 Å². The lowest BCUT2D eigenvalue weighted by Crippen LogP contribution is -2.39. The van der Waals surface area contributed by atoms with E-state index in [4.69, 9.17) is 9.15 Å². The SMILES string of the molecule is COC(=O)c1ccc([C@@H]2C3=C(C[C@H](c4ccco4)CC3=O)Nc3ccccc3N2C(=O)C2CC2)cc1. The van der Waals surface area contributed by atoms with Crippen molar-refractivity contribution in [2.45, 2.75) is 37.6 Å². The number of ketones is 1. The van der Waals surface area contributed by atoms with Crippen LogP contribution in [-0.4, -0.2) is 24.8 Å². The number of carbonyl (C=O) groups excluding carboxylic acids is 3. The molecule has 1 saturated carbocycles. The number of amides is 1. The molecule has 7 nitrogen and oxygen atoms in total. The number of nitrogens with zero attached hydrogens (tertiary/aromatic N) is 1. The molecular formula is C29H26N2O5. The second-order valence-corrected chi connectivity index (χ2v) is 9.58. The minimum absolute atomic E-state index is 0.0148. The maximum absolute atomic E-state index is 13.8. The molecule has 1 fully saturated rings. The maximum atomic E-state index is 13.8. The molecule has 0 spiro atoms. The topological polar surface area (TPSA) is 88.8 Å². The highest BCUT2D eigenvalue weighted by molar-refractivity contribution is 6.07. The Morgan fingerprint density at radius 2 is 1.78 bits per heavy atom. The zero-order chi connectivity index (χ0) is 24.8. The van der Waals surface area contributed by atoms with Crippen LogP contribution in [0.1, 0.15) is 59.3 Å². The van der Waals surface area contributed by atoms with Crippen molar-refractivity contribution in [1.82, 2.24) is 0 Å². The second-order valence-electron chi connectivity index (χ2n) is 9.58. The van der Waals surface area contributed by atoms with Crippen LogP contribution in [0.3, 0.4) is 0 Å². The number of esters is 1. The standard InChI is InChI=1S/C29H26N2O5/c1-35-29(34)19-12-8-17(9-13-19)27-26-22(15-20(16-24(26)32)25-7-4-14-36-25)30-21-5-2-3-6-23(21)31(27)28(33)18-10-11-18/h2-9,12-14,18,20,27,30H,10-11,15-16H2,1H3/t20-,27+/m0/s1. The molecule has 7 heteroatoms. The van der Waals surface area contributed by atoms with Gasteiger partial charge in [-0.2, -0.15) is 0 Å². The summed E-state index contributed by atoms with van der Waals surface area (Å²) in [7, 11) is 1.34. The molecule has 3 aromatic rings. The number of anilines is 2. The molecule has 0 radical (unpaired) electrons. The van der Waals surface area contributed by atoms with Crippen LogP contribution < -0.4 is 10.2 Å². The fraction of sp³-hybridized carbons (Fsp3) is 0.276. The van der Waals surface area contributed by atoms with Gasteiger partial charge in [0.25, 0.3) is 0 Å². The normalized spacial score (nSPS) is 21.2. The Labute approximate surface area is 208 Å². The van der Waals surface area contributed by atoms with Gasteiger partial charge in [0.2, 0.25) is 5.91 Å². The van der Waals surface area contributed by atoms with Crippen molar-refractivity contribution in [3.8, 4) is 0 Å². The van der Waals surface area contributed by atoms with Gasteiger partial charge in [0.15, 0.2) is 5.78 Å². The third-order valence-electron chi connectivity index (χ3n) is 7.25. The van der Waals surface area contributed by atoms with Crippen molar-refractivity contribution in [1.29, 1.82) is 0 Å². The summed E-state index contributed by atoms with van der Waals surface area (Å²) in [6.45, 7) is 0. The lowest BCUT2D eigenvalue weighted by molar-refractivity contribution is -0.120. The average Bonchev–Trinajstić information content (AvgIpc) is 3.64. The van der Waals surface area contributed by atoms with E-state index >= 15 is 0 Å². The van der Waals surface area contributed by atoms with Crippen LogP contribution in [0.15, 0.2) is 82.6 Å². The van der Waals surface area contributed by atoms with E-state index in [-0.39, 0.29) is 23.5 Å². The number of Topliss-reactive ketones (excluding diaryl/α,β-unsaturated/α-hetero) is 1. The number of rotatable bonds is 4. The zero-order valence-corrected chi connectivity index (χ0v) is 19.9. The first-order chi connectivity index (χ1) is 17.5. The largest absolute Gasteiger partial charge is 0.469 e. The molecule has 1 N–H and O–H groups in total. The summed E-state index contributed by atoms with van der Waals surface area (Å²) in [4.78, 5) is 41.5. The lowest BCUT2D eigenvalue weighted by Gasteiger charge is -2.35. The Balaban J connectivity index is 1.53. The van der Waals surface area contributed by atoms with Crippen molar-refractivity contribution in [2.75, 3.05) is 17.3 Å². The van der Waals surface area contributed by atoms with E-state index in [1.807, 2.05) is 48.5 Å². The first-order valence-corrected chi connectivity index (χ1v) is 12.2. The Bertz CT molecular complexity index is 1370. The number of carbonyl (C=O) groups is 3. The number of methoxy groups -OCH3 is 1. The van der Waals surface area contributed by atoms with E-state index in [1.54, 1.807) is 23.3 Å². The second kappa shape index (κ2) is 8.82. The van der Waals surface area contributed by atoms with Crippen LogP contribution in [0.2, 0.25) is 0 Å². The van der Waals surface area contributed by atoms with Gasteiger partial charge in [-0.05, 0) is 61.2 Å². The van der Waals surface area contributed by atoms with Crippen LogP contribution in [0.25, 0.3) is 0 Å². The fourth-order valence-corrected chi connectivity index (χ4v) is 5.32. The summed E-state index contributed by atoms with van der Waals surface area (Å²) in [6, 6.07) is 17.8. The first kappa shape index (κ1) is 22.3. The van der Waals surface area contributed by atoms with Crippen molar-refractivity contribution in [2.24, 2.45) is 5.92 Å². The summed E-state index contributed by atoms with van der Waals surface area (Å²) >= 11 is 0.